The van der Waals surface area contributed by atoms with Gasteiger partial charge in [0.25, 0.3) is 0 Å². The van der Waals surface area contributed by atoms with Gasteiger partial charge in [-0.3, -0.25) is 0 Å². The fourth-order valence-corrected chi connectivity index (χ4v) is 7.23. The predicted molar refractivity (Wildman–Crippen MR) is 190 cm³/mol. The minimum absolute atomic E-state index is 0.138. The van der Waals surface area contributed by atoms with Gasteiger partial charge in [-0.1, -0.05) is 141 Å². The average Bonchev–Trinajstić information content (AvgIpc) is 3.37. The van der Waals surface area contributed by atoms with E-state index >= 15 is 0 Å². The highest BCUT2D eigenvalue weighted by atomic mass is 16.6. The van der Waals surface area contributed by atoms with Crippen LogP contribution in [0.25, 0.3) is 55.9 Å². The van der Waals surface area contributed by atoms with E-state index < -0.39 is 0 Å². The van der Waals surface area contributed by atoms with Crippen LogP contribution in [0.15, 0.2) is 152 Å². The van der Waals surface area contributed by atoms with Crippen LogP contribution in [0.4, 0.5) is 0 Å². The lowest BCUT2D eigenvalue weighted by Crippen LogP contribution is -2.15. The summed E-state index contributed by atoms with van der Waals surface area (Å²) in [6.45, 7) is 4.56. The minimum Gasteiger partial charge on any atom is -0.449 e. The number of pyridine rings is 1. The van der Waals surface area contributed by atoms with E-state index in [1.165, 1.54) is 16.7 Å². The summed E-state index contributed by atoms with van der Waals surface area (Å²) in [6, 6.07) is 52.7. The molecule has 2 aliphatic rings. The van der Waals surface area contributed by atoms with Crippen molar-refractivity contribution in [2.24, 2.45) is 0 Å². The second-order valence-corrected chi connectivity index (χ2v) is 12.7. The topological polar surface area (TPSA) is 31.4 Å². The van der Waals surface area contributed by atoms with Crippen molar-refractivity contribution in [1.82, 2.24) is 4.98 Å². The van der Waals surface area contributed by atoms with Crippen LogP contribution in [0.2, 0.25) is 0 Å². The standard InChI is InChI=1S/C44H31NO2/c1-44(2)35-22-12-11-20-34(35)41-36(44)24-25-40-43(41)47-42-32(21-13-23-39(42)46-40)30-26-37(29-16-7-4-8-17-29)45-38(27-30)33-19-10-9-18-31(33)28-14-5-3-6-15-28/h3-27H,1-2H3. The molecule has 1 aliphatic heterocycles. The normalized spacial score (nSPS) is 13.4. The Kier molecular flexibility index (Phi) is 6.16. The van der Waals surface area contributed by atoms with Crippen LogP contribution in [0.3, 0.4) is 0 Å². The van der Waals surface area contributed by atoms with E-state index in [2.05, 4.69) is 141 Å². The van der Waals surface area contributed by atoms with Crippen molar-refractivity contribution in [2.45, 2.75) is 19.3 Å². The maximum atomic E-state index is 6.99. The van der Waals surface area contributed by atoms with Crippen LogP contribution < -0.4 is 9.47 Å². The summed E-state index contributed by atoms with van der Waals surface area (Å²) in [7, 11) is 0. The molecule has 0 spiro atoms. The van der Waals surface area contributed by atoms with Crippen LogP contribution in [0.1, 0.15) is 25.0 Å². The molecule has 0 N–H and O–H groups in total. The lowest BCUT2D eigenvalue weighted by molar-refractivity contribution is 0.361. The number of hydrogen-bond acceptors (Lipinski definition) is 3. The fourth-order valence-electron chi connectivity index (χ4n) is 7.23. The molecule has 0 fully saturated rings. The number of ether oxygens (including phenoxy) is 2. The predicted octanol–water partition coefficient (Wildman–Crippen LogP) is 12.0. The van der Waals surface area contributed by atoms with E-state index in [9.17, 15) is 0 Å². The van der Waals surface area contributed by atoms with Crippen molar-refractivity contribution < 1.29 is 9.47 Å². The Morgan fingerprint density at radius 1 is 0.426 bits per heavy atom. The summed E-state index contributed by atoms with van der Waals surface area (Å²) in [6.07, 6.45) is 0. The molecule has 3 heteroatoms. The van der Waals surface area contributed by atoms with Crippen LogP contribution in [-0.2, 0) is 5.41 Å². The van der Waals surface area contributed by atoms with Gasteiger partial charge in [0.05, 0.1) is 11.4 Å². The number of fused-ring (bicyclic) bond motifs is 6. The highest BCUT2D eigenvalue weighted by molar-refractivity contribution is 5.90. The van der Waals surface area contributed by atoms with E-state index in [4.69, 9.17) is 14.5 Å². The van der Waals surface area contributed by atoms with E-state index in [1.54, 1.807) is 0 Å². The maximum absolute atomic E-state index is 6.99. The van der Waals surface area contributed by atoms with Crippen molar-refractivity contribution in [3.05, 3.63) is 163 Å². The Hall–Kier alpha value is -5.93. The zero-order valence-corrected chi connectivity index (χ0v) is 26.2. The molecule has 3 nitrogen and oxygen atoms in total. The molecule has 1 aromatic heterocycles. The molecule has 224 valence electrons. The van der Waals surface area contributed by atoms with Gasteiger partial charge >= 0.3 is 0 Å². The molecule has 0 unspecified atom stereocenters. The van der Waals surface area contributed by atoms with Gasteiger partial charge in [-0.2, -0.15) is 0 Å². The Morgan fingerprint density at radius 2 is 1.04 bits per heavy atom. The number of hydrogen-bond donors (Lipinski definition) is 0. The maximum Gasteiger partial charge on any atom is 0.178 e. The summed E-state index contributed by atoms with van der Waals surface area (Å²) < 4.78 is 13.6. The van der Waals surface area contributed by atoms with Crippen molar-refractivity contribution in [1.29, 1.82) is 0 Å². The van der Waals surface area contributed by atoms with Crippen LogP contribution in [-0.4, -0.2) is 4.98 Å². The van der Waals surface area contributed by atoms with Gasteiger partial charge in [0, 0.05) is 27.7 Å². The Bertz CT molecular complexity index is 2320. The fraction of sp³-hybridized carbons (Fsp3) is 0.0682. The molecule has 2 heterocycles. The van der Waals surface area contributed by atoms with Gasteiger partial charge in [0.15, 0.2) is 23.0 Å². The van der Waals surface area contributed by atoms with Crippen molar-refractivity contribution in [3.8, 4) is 78.9 Å². The zero-order chi connectivity index (χ0) is 31.5. The largest absolute Gasteiger partial charge is 0.449 e. The average molecular weight is 606 g/mol. The van der Waals surface area contributed by atoms with E-state index in [0.29, 0.717) is 11.5 Å². The summed E-state index contributed by atoms with van der Waals surface area (Å²) in [4.78, 5) is 5.25. The summed E-state index contributed by atoms with van der Waals surface area (Å²) in [5, 5.41) is 0. The van der Waals surface area contributed by atoms with Gasteiger partial charge < -0.3 is 9.47 Å². The number of benzene rings is 6. The molecule has 9 rings (SSSR count). The molecule has 7 aromatic rings. The first kappa shape index (κ1) is 27.4. The second kappa shape index (κ2) is 10.6. The number of nitrogens with zero attached hydrogens (tertiary/aromatic N) is 1. The van der Waals surface area contributed by atoms with Crippen LogP contribution in [0.5, 0.6) is 23.0 Å². The van der Waals surface area contributed by atoms with Gasteiger partial charge in [0.2, 0.25) is 0 Å². The molecule has 0 saturated heterocycles. The summed E-state index contributed by atoms with van der Waals surface area (Å²) in [5.74, 6) is 2.92. The van der Waals surface area contributed by atoms with E-state index in [1.807, 2.05) is 24.3 Å². The van der Waals surface area contributed by atoms with Gasteiger partial charge in [-0.25, -0.2) is 4.98 Å². The quantitative estimate of drug-likeness (QED) is 0.200. The molecule has 0 amide bonds. The molecule has 1 aliphatic carbocycles. The third-order valence-electron chi connectivity index (χ3n) is 9.56. The first-order chi connectivity index (χ1) is 23.1. The number of rotatable bonds is 4. The highest BCUT2D eigenvalue weighted by Gasteiger charge is 2.39. The molecule has 0 bridgehead atoms. The monoisotopic (exact) mass is 605 g/mol. The van der Waals surface area contributed by atoms with E-state index in [-0.39, 0.29) is 5.41 Å². The lowest BCUT2D eigenvalue weighted by Gasteiger charge is -2.26. The molecular weight excluding hydrogens is 574 g/mol. The first-order valence-electron chi connectivity index (χ1n) is 16.0. The third-order valence-corrected chi connectivity index (χ3v) is 9.56. The van der Waals surface area contributed by atoms with Crippen molar-refractivity contribution in [2.75, 3.05) is 0 Å². The molecule has 47 heavy (non-hydrogen) atoms. The third kappa shape index (κ3) is 4.39. The number of para-hydroxylation sites is 1. The summed E-state index contributed by atoms with van der Waals surface area (Å²) >= 11 is 0. The summed E-state index contributed by atoms with van der Waals surface area (Å²) in [5.41, 5.74) is 12.9. The molecule has 0 radical (unpaired) electrons. The van der Waals surface area contributed by atoms with Gasteiger partial charge in [0.1, 0.15) is 0 Å². The Morgan fingerprint density at radius 3 is 1.83 bits per heavy atom. The Labute approximate surface area is 274 Å². The van der Waals surface area contributed by atoms with E-state index in [0.717, 1.165) is 61.8 Å². The molecule has 0 saturated carbocycles. The molecular formula is C44H31NO2. The Balaban J connectivity index is 1.24. The molecule has 6 aromatic carbocycles. The SMILES string of the molecule is CC1(C)c2ccccc2-c2c1ccc1c2Oc2c(cccc2-c2cc(-c3ccccc3)nc(-c3ccccc3-c3ccccc3)c2)O1. The second-order valence-electron chi connectivity index (χ2n) is 12.7. The minimum atomic E-state index is -0.138. The highest BCUT2D eigenvalue weighted by Crippen LogP contribution is 2.59. The lowest BCUT2D eigenvalue weighted by atomic mass is 9.82. The van der Waals surface area contributed by atoms with Crippen molar-refractivity contribution in [3.63, 3.8) is 0 Å². The zero-order valence-electron chi connectivity index (χ0n) is 26.2. The van der Waals surface area contributed by atoms with Crippen LogP contribution in [0, 0.1) is 0 Å². The van der Waals surface area contributed by atoms with Gasteiger partial charge in [-0.05, 0) is 57.6 Å². The molecule has 0 atom stereocenters. The van der Waals surface area contributed by atoms with Crippen LogP contribution >= 0.6 is 0 Å². The number of aromatic nitrogens is 1. The smallest absolute Gasteiger partial charge is 0.178 e. The first-order valence-corrected chi connectivity index (χ1v) is 16.0. The van der Waals surface area contributed by atoms with Gasteiger partial charge in [-0.15, -0.1) is 0 Å². The van der Waals surface area contributed by atoms with Crippen molar-refractivity contribution >= 4 is 0 Å².